The predicted octanol–water partition coefficient (Wildman–Crippen LogP) is 1.53. The molecule has 23 heavy (non-hydrogen) atoms. The minimum absolute atomic E-state index is 0.0974. The van der Waals surface area contributed by atoms with Crippen LogP contribution in [-0.2, 0) is 16.6 Å². The molecule has 8 heteroatoms. The SMILES string of the molecule is NS(=O)(=O)c1ccc(NCc2ccc(-n3cncn3)cc2)cc1. The first-order chi connectivity index (χ1) is 11.0. The van der Waals surface area contributed by atoms with Crippen molar-refractivity contribution in [3.63, 3.8) is 0 Å². The van der Waals surface area contributed by atoms with Crippen molar-refractivity contribution in [3.05, 3.63) is 66.7 Å². The maximum atomic E-state index is 11.2. The van der Waals surface area contributed by atoms with E-state index in [0.717, 1.165) is 16.9 Å². The van der Waals surface area contributed by atoms with Gasteiger partial charge in [0.2, 0.25) is 10.0 Å². The third-order valence-corrected chi connectivity index (χ3v) is 4.23. The lowest BCUT2D eigenvalue weighted by molar-refractivity contribution is 0.598. The number of hydrogen-bond acceptors (Lipinski definition) is 5. The highest BCUT2D eigenvalue weighted by atomic mass is 32.2. The Bertz CT molecular complexity index is 873. The van der Waals surface area contributed by atoms with E-state index in [9.17, 15) is 8.42 Å². The number of rotatable bonds is 5. The summed E-state index contributed by atoms with van der Waals surface area (Å²) in [7, 11) is -3.65. The third kappa shape index (κ3) is 3.74. The van der Waals surface area contributed by atoms with Gasteiger partial charge >= 0.3 is 0 Å². The van der Waals surface area contributed by atoms with Crippen LogP contribution in [0.25, 0.3) is 5.69 Å². The van der Waals surface area contributed by atoms with Crippen molar-refractivity contribution in [2.24, 2.45) is 5.14 Å². The molecular weight excluding hydrogens is 314 g/mol. The average Bonchev–Trinajstić information content (AvgIpc) is 3.07. The lowest BCUT2D eigenvalue weighted by atomic mass is 10.2. The summed E-state index contributed by atoms with van der Waals surface area (Å²) in [6.45, 7) is 0.617. The molecule has 0 amide bonds. The van der Waals surface area contributed by atoms with Gasteiger partial charge in [-0.15, -0.1) is 0 Å². The molecule has 3 rings (SSSR count). The molecule has 0 aliphatic carbocycles. The average molecular weight is 329 g/mol. The minimum Gasteiger partial charge on any atom is -0.381 e. The number of primary sulfonamides is 1. The van der Waals surface area contributed by atoms with Crippen LogP contribution < -0.4 is 10.5 Å². The molecule has 0 bridgehead atoms. The standard InChI is InChI=1S/C15H15N5O2S/c16-23(21,22)15-7-3-13(4-8-15)18-9-12-1-5-14(6-2-12)20-11-17-10-19-20/h1-8,10-11,18H,9H2,(H2,16,21,22). The van der Waals surface area contributed by atoms with Gasteiger partial charge in [-0.25, -0.2) is 23.2 Å². The fourth-order valence-electron chi connectivity index (χ4n) is 2.07. The summed E-state index contributed by atoms with van der Waals surface area (Å²) in [5, 5.41) is 12.4. The predicted molar refractivity (Wildman–Crippen MR) is 86.5 cm³/mol. The molecule has 0 radical (unpaired) electrons. The summed E-state index contributed by atoms with van der Waals surface area (Å²) in [6.07, 6.45) is 3.13. The molecule has 3 aromatic rings. The first kappa shape index (κ1) is 15.2. The van der Waals surface area contributed by atoms with E-state index in [-0.39, 0.29) is 4.90 Å². The molecule has 7 nitrogen and oxygen atoms in total. The molecule has 0 saturated carbocycles. The molecule has 0 aliphatic heterocycles. The van der Waals surface area contributed by atoms with E-state index < -0.39 is 10.0 Å². The van der Waals surface area contributed by atoms with Crippen LogP contribution in [0.4, 0.5) is 5.69 Å². The van der Waals surface area contributed by atoms with Gasteiger partial charge in [0.05, 0.1) is 10.6 Å². The Morgan fingerprint density at radius 3 is 2.30 bits per heavy atom. The number of benzene rings is 2. The summed E-state index contributed by atoms with van der Waals surface area (Å²) >= 11 is 0. The van der Waals surface area contributed by atoms with Crippen LogP contribution in [-0.4, -0.2) is 23.2 Å². The Hall–Kier alpha value is -2.71. The molecule has 1 aromatic heterocycles. The van der Waals surface area contributed by atoms with Crippen molar-refractivity contribution in [2.45, 2.75) is 11.4 Å². The van der Waals surface area contributed by atoms with Gasteiger partial charge in [-0.3, -0.25) is 0 Å². The van der Waals surface area contributed by atoms with Gasteiger partial charge in [-0.1, -0.05) is 12.1 Å². The third-order valence-electron chi connectivity index (χ3n) is 3.30. The van der Waals surface area contributed by atoms with Crippen LogP contribution in [0.3, 0.4) is 0 Å². The lowest BCUT2D eigenvalue weighted by Crippen LogP contribution is -2.12. The lowest BCUT2D eigenvalue weighted by Gasteiger charge is -2.08. The fourth-order valence-corrected chi connectivity index (χ4v) is 2.59. The number of anilines is 1. The number of nitrogens with two attached hydrogens (primary N) is 1. The van der Waals surface area contributed by atoms with Gasteiger partial charge in [-0.05, 0) is 42.0 Å². The van der Waals surface area contributed by atoms with Gasteiger partial charge in [0, 0.05) is 12.2 Å². The molecule has 0 aliphatic rings. The number of nitrogens with one attached hydrogen (secondary N) is 1. The molecule has 0 saturated heterocycles. The van der Waals surface area contributed by atoms with Gasteiger partial charge < -0.3 is 5.32 Å². The summed E-state index contributed by atoms with van der Waals surface area (Å²) in [4.78, 5) is 4.01. The number of nitrogens with zero attached hydrogens (tertiary/aromatic N) is 3. The van der Waals surface area contributed by atoms with E-state index in [1.54, 1.807) is 23.1 Å². The Labute approximate surface area is 133 Å². The first-order valence-corrected chi connectivity index (χ1v) is 8.38. The molecule has 2 aromatic carbocycles. The van der Waals surface area contributed by atoms with E-state index in [0.29, 0.717) is 6.54 Å². The maximum Gasteiger partial charge on any atom is 0.238 e. The first-order valence-electron chi connectivity index (χ1n) is 6.83. The maximum absolute atomic E-state index is 11.2. The minimum atomic E-state index is -3.65. The highest BCUT2D eigenvalue weighted by Crippen LogP contribution is 2.14. The zero-order valence-electron chi connectivity index (χ0n) is 12.1. The van der Waals surface area contributed by atoms with Crippen LogP contribution in [0.1, 0.15) is 5.56 Å². The fraction of sp³-hybridized carbons (Fsp3) is 0.0667. The topological polar surface area (TPSA) is 103 Å². The van der Waals surface area contributed by atoms with Crippen LogP contribution in [0, 0.1) is 0 Å². The molecule has 0 spiro atoms. The van der Waals surface area contributed by atoms with Crippen molar-refractivity contribution in [1.29, 1.82) is 0 Å². The molecule has 1 heterocycles. The monoisotopic (exact) mass is 329 g/mol. The summed E-state index contributed by atoms with van der Waals surface area (Å²) in [5.74, 6) is 0. The largest absolute Gasteiger partial charge is 0.381 e. The highest BCUT2D eigenvalue weighted by Gasteiger charge is 2.06. The molecule has 3 N–H and O–H groups in total. The Morgan fingerprint density at radius 1 is 1.04 bits per heavy atom. The van der Waals surface area contributed by atoms with Crippen LogP contribution >= 0.6 is 0 Å². The van der Waals surface area contributed by atoms with Gasteiger partial charge in [0.1, 0.15) is 12.7 Å². The Morgan fingerprint density at radius 2 is 1.74 bits per heavy atom. The Kier molecular flexibility index (Phi) is 4.09. The van der Waals surface area contributed by atoms with Crippen molar-refractivity contribution in [2.75, 3.05) is 5.32 Å². The summed E-state index contributed by atoms with van der Waals surface area (Å²) in [5.41, 5.74) is 2.84. The molecule has 118 valence electrons. The van der Waals surface area contributed by atoms with E-state index in [4.69, 9.17) is 5.14 Å². The van der Waals surface area contributed by atoms with E-state index in [1.807, 2.05) is 24.3 Å². The number of hydrogen-bond donors (Lipinski definition) is 2. The van der Waals surface area contributed by atoms with Crippen molar-refractivity contribution in [3.8, 4) is 5.69 Å². The van der Waals surface area contributed by atoms with Crippen LogP contribution in [0.15, 0.2) is 66.1 Å². The zero-order chi connectivity index (χ0) is 16.3. The van der Waals surface area contributed by atoms with Crippen molar-refractivity contribution in [1.82, 2.24) is 14.8 Å². The van der Waals surface area contributed by atoms with E-state index in [1.165, 1.54) is 18.5 Å². The smallest absolute Gasteiger partial charge is 0.238 e. The second-order valence-corrected chi connectivity index (χ2v) is 6.49. The van der Waals surface area contributed by atoms with E-state index >= 15 is 0 Å². The van der Waals surface area contributed by atoms with Gasteiger partial charge in [-0.2, -0.15) is 5.10 Å². The molecule has 0 atom stereocenters. The Balaban J connectivity index is 1.64. The van der Waals surface area contributed by atoms with Gasteiger partial charge in [0.25, 0.3) is 0 Å². The highest BCUT2D eigenvalue weighted by molar-refractivity contribution is 7.89. The van der Waals surface area contributed by atoms with Crippen LogP contribution in [0.2, 0.25) is 0 Å². The van der Waals surface area contributed by atoms with E-state index in [2.05, 4.69) is 15.4 Å². The zero-order valence-corrected chi connectivity index (χ0v) is 12.9. The molecule has 0 fully saturated rings. The summed E-state index contributed by atoms with van der Waals surface area (Å²) < 4.78 is 24.1. The number of sulfonamides is 1. The van der Waals surface area contributed by atoms with Crippen LogP contribution in [0.5, 0.6) is 0 Å². The molecular formula is C15H15N5O2S. The normalized spacial score (nSPS) is 11.3. The second-order valence-electron chi connectivity index (χ2n) is 4.93. The van der Waals surface area contributed by atoms with Crippen molar-refractivity contribution >= 4 is 15.7 Å². The van der Waals surface area contributed by atoms with Crippen molar-refractivity contribution < 1.29 is 8.42 Å². The number of aromatic nitrogens is 3. The second kappa shape index (κ2) is 6.19. The quantitative estimate of drug-likeness (QED) is 0.739. The summed E-state index contributed by atoms with van der Waals surface area (Å²) in [6, 6.07) is 14.2. The van der Waals surface area contributed by atoms with Gasteiger partial charge in [0.15, 0.2) is 0 Å². The molecule has 0 unspecified atom stereocenters.